The van der Waals surface area contributed by atoms with Gasteiger partial charge in [0.1, 0.15) is 30.6 Å². The van der Waals surface area contributed by atoms with E-state index in [0.29, 0.717) is 41.4 Å². The summed E-state index contributed by atoms with van der Waals surface area (Å²) in [5, 5.41) is 18.8. The number of benzene rings is 2. The maximum Gasteiger partial charge on any atom is 0.414 e. The molecule has 2 aliphatic rings. The lowest BCUT2D eigenvalue weighted by Gasteiger charge is -2.22. The molecule has 6 rings (SSSR count). The molecule has 4 aromatic rings. The summed E-state index contributed by atoms with van der Waals surface area (Å²) < 4.78 is 22.0. The van der Waals surface area contributed by atoms with Crippen LogP contribution in [0.15, 0.2) is 97.5 Å². The van der Waals surface area contributed by atoms with Gasteiger partial charge in [-0.1, -0.05) is 32.0 Å². The molecule has 0 fully saturated rings. The average molecular weight is 1130 g/mol. The molecular formula is C56H68N12O14. The third-order valence-electron chi connectivity index (χ3n) is 12.7. The number of nitrogens with two attached hydrogens (primary N) is 1. The highest BCUT2D eigenvalue weighted by Gasteiger charge is 2.39. The third-order valence-corrected chi connectivity index (χ3v) is 12.7. The number of pyridine rings is 2. The molecule has 2 aliphatic heterocycles. The molecule has 3 atom stereocenters. The van der Waals surface area contributed by atoms with Crippen molar-refractivity contribution in [2.24, 2.45) is 5.73 Å². The van der Waals surface area contributed by atoms with Gasteiger partial charge in [0.15, 0.2) is 0 Å². The van der Waals surface area contributed by atoms with Crippen molar-refractivity contribution < 1.29 is 66.9 Å². The Morgan fingerprint density at radius 3 is 2.04 bits per heavy atom. The van der Waals surface area contributed by atoms with Crippen molar-refractivity contribution >= 4 is 82.1 Å². The summed E-state index contributed by atoms with van der Waals surface area (Å²) in [7, 11) is 0. The minimum atomic E-state index is -1.43. The SMILES string of the molecule is C[C@@H](NC(=O)CCOCCOCCOCCNC(=O)CCN1C(=O)C=CC1=O)C(=O)N[C@H](C)C(=O)N[C@H](CC(N)=O)C(=O)Nc1ccc(COC(=O)N2CC(C)(C)c3ccc(NC(=O)c4cccnc4NCc4ccncc4)cc32)cc1. The van der Waals surface area contributed by atoms with Crippen LogP contribution >= 0.6 is 0 Å². The number of nitrogens with zero attached hydrogens (tertiary/aromatic N) is 4. The van der Waals surface area contributed by atoms with Gasteiger partial charge < -0.3 is 61.9 Å². The molecule has 0 aliphatic carbocycles. The van der Waals surface area contributed by atoms with E-state index in [-0.39, 0.29) is 83.8 Å². The van der Waals surface area contributed by atoms with Crippen LogP contribution in [0, 0.1) is 0 Å². The molecule has 0 spiro atoms. The molecule has 26 nitrogen and oxygen atoms in total. The van der Waals surface area contributed by atoms with Crippen LogP contribution in [0.25, 0.3) is 0 Å². The zero-order valence-electron chi connectivity index (χ0n) is 46.0. The van der Waals surface area contributed by atoms with Gasteiger partial charge in [-0.25, -0.2) is 9.78 Å². The van der Waals surface area contributed by atoms with Crippen LogP contribution in [0.4, 0.5) is 27.7 Å². The van der Waals surface area contributed by atoms with E-state index in [2.05, 4.69) is 47.2 Å². The van der Waals surface area contributed by atoms with Gasteiger partial charge in [-0.15, -0.1) is 0 Å². The Kier molecular flexibility index (Phi) is 23.0. The van der Waals surface area contributed by atoms with E-state index in [9.17, 15) is 47.9 Å². The molecule has 10 amide bonds. The number of primary amides is 1. The second-order valence-corrected chi connectivity index (χ2v) is 19.6. The van der Waals surface area contributed by atoms with E-state index in [4.69, 9.17) is 24.7 Å². The number of fused-ring (bicyclic) bond motifs is 1. The molecule has 0 saturated heterocycles. The standard InChI is InChI=1S/C56H68N12O14/c1-35(62-47(71)18-24-79-26-28-81-29-27-80-25-22-59-46(70)17-23-67-48(72)13-14-49(67)73)51(74)63-36(2)52(75)66-43(31-45(57)69)54(77)64-39-9-7-38(8-10-39)33-82-55(78)68-34-56(3,4)42-12-11-40(30-44(42)68)65-53(76)41-6-5-19-60-50(41)61-32-37-15-20-58-21-16-37/h5-16,19-21,30,35-36,43H,17-18,22-29,31-34H2,1-4H3,(H2,57,69)(H,59,70)(H,60,61)(H,62,71)(H,63,74)(H,64,77)(H,65,76)(H,66,75)/t35-,36-,43-/m1/s1. The molecule has 26 heteroatoms. The Labute approximate surface area is 473 Å². The number of nitrogens with one attached hydrogen (secondary N) is 7. The highest BCUT2D eigenvalue weighted by Crippen LogP contribution is 2.42. The van der Waals surface area contributed by atoms with Gasteiger partial charge in [-0.3, -0.25) is 57.9 Å². The Hall–Kier alpha value is -9.14. The Balaban J connectivity index is 0.862. The molecule has 0 saturated carbocycles. The van der Waals surface area contributed by atoms with Crippen molar-refractivity contribution in [2.75, 3.05) is 80.1 Å². The van der Waals surface area contributed by atoms with E-state index in [1.807, 2.05) is 32.0 Å². The smallest absolute Gasteiger partial charge is 0.414 e. The molecule has 0 unspecified atom stereocenters. The Bertz CT molecular complexity index is 2960. The summed E-state index contributed by atoms with van der Waals surface area (Å²) in [5.41, 5.74) is 9.05. The highest BCUT2D eigenvalue weighted by molar-refractivity contribution is 6.13. The number of carbonyl (C=O) groups is 10. The number of carbonyl (C=O) groups excluding carboxylic acids is 10. The molecule has 9 N–H and O–H groups in total. The van der Waals surface area contributed by atoms with Gasteiger partial charge in [0.2, 0.25) is 35.4 Å². The minimum absolute atomic E-state index is 0.00492. The van der Waals surface area contributed by atoms with Crippen LogP contribution in [0.1, 0.15) is 74.0 Å². The summed E-state index contributed by atoms with van der Waals surface area (Å²) in [5.74, 6) is -4.89. The molecule has 2 aromatic heterocycles. The van der Waals surface area contributed by atoms with Crippen molar-refractivity contribution in [3.63, 3.8) is 0 Å². The largest absolute Gasteiger partial charge is 0.444 e. The van der Waals surface area contributed by atoms with Crippen LogP contribution in [-0.2, 0) is 75.9 Å². The lowest BCUT2D eigenvalue weighted by Crippen LogP contribution is -2.55. The number of hydrogen-bond donors (Lipinski definition) is 8. The maximum absolute atomic E-state index is 13.6. The number of rotatable bonds is 31. The van der Waals surface area contributed by atoms with Crippen LogP contribution in [-0.4, -0.2) is 152 Å². The predicted molar refractivity (Wildman–Crippen MR) is 297 cm³/mol. The van der Waals surface area contributed by atoms with E-state index < -0.39 is 83.3 Å². The maximum atomic E-state index is 13.6. The van der Waals surface area contributed by atoms with Gasteiger partial charge in [0.25, 0.3) is 17.7 Å². The first-order chi connectivity index (χ1) is 39.3. The normalized spacial score (nSPS) is 14.2. The second kappa shape index (κ2) is 30.4. The van der Waals surface area contributed by atoms with Gasteiger partial charge in [0, 0.05) is 86.6 Å². The number of hydrogen-bond acceptors (Lipinski definition) is 17. The van der Waals surface area contributed by atoms with Gasteiger partial charge >= 0.3 is 6.09 Å². The molecule has 0 radical (unpaired) electrons. The number of ether oxygens (including phenoxy) is 4. The fourth-order valence-corrected chi connectivity index (χ4v) is 8.30. The number of anilines is 4. The van der Waals surface area contributed by atoms with Gasteiger partial charge in [0.05, 0.1) is 57.3 Å². The van der Waals surface area contributed by atoms with Crippen LogP contribution in [0.2, 0.25) is 0 Å². The monoisotopic (exact) mass is 1130 g/mol. The molecule has 436 valence electrons. The fraction of sp³-hybridized carbons (Fsp3) is 0.393. The summed E-state index contributed by atoms with van der Waals surface area (Å²) in [6.07, 6.45) is 5.98. The molecule has 2 aromatic carbocycles. The summed E-state index contributed by atoms with van der Waals surface area (Å²) >= 11 is 0. The minimum Gasteiger partial charge on any atom is -0.444 e. The second-order valence-electron chi connectivity index (χ2n) is 19.6. The van der Waals surface area contributed by atoms with Crippen molar-refractivity contribution in [3.05, 3.63) is 120 Å². The van der Waals surface area contributed by atoms with Crippen molar-refractivity contribution in [1.82, 2.24) is 36.1 Å². The van der Waals surface area contributed by atoms with Crippen molar-refractivity contribution in [2.45, 2.75) is 83.6 Å². The molecule has 0 bridgehead atoms. The Morgan fingerprint density at radius 1 is 0.695 bits per heavy atom. The molecule has 82 heavy (non-hydrogen) atoms. The lowest BCUT2D eigenvalue weighted by atomic mass is 9.87. The Morgan fingerprint density at radius 2 is 1.34 bits per heavy atom. The topological polar surface area (TPSA) is 350 Å². The van der Waals surface area contributed by atoms with E-state index in [1.165, 1.54) is 18.7 Å². The summed E-state index contributed by atoms with van der Waals surface area (Å²) in [6.45, 7) is 8.75. The van der Waals surface area contributed by atoms with Crippen molar-refractivity contribution in [1.29, 1.82) is 0 Å². The first-order valence-corrected chi connectivity index (χ1v) is 26.4. The summed E-state index contributed by atoms with van der Waals surface area (Å²) in [6, 6.07) is 15.0. The first-order valence-electron chi connectivity index (χ1n) is 26.4. The third kappa shape index (κ3) is 19.0. The van der Waals surface area contributed by atoms with Crippen LogP contribution in [0.3, 0.4) is 0 Å². The quantitative estimate of drug-likeness (QED) is 0.0264. The van der Waals surface area contributed by atoms with E-state index in [0.717, 1.165) is 28.2 Å². The van der Waals surface area contributed by atoms with Gasteiger partial charge in [-0.05, 0) is 79.1 Å². The van der Waals surface area contributed by atoms with Crippen LogP contribution in [0.5, 0.6) is 0 Å². The molecular weight excluding hydrogens is 1060 g/mol. The fourth-order valence-electron chi connectivity index (χ4n) is 8.30. The lowest BCUT2D eigenvalue weighted by molar-refractivity contribution is -0.137. The zero-order chi connectivity index (χ0) is 59.2. The molecule has 4 heterocycles. The predicted octanol–water partition coefficient (Wildman–Crippen LogP) is 1.95. The zero-order valence-corrected chi connectivity index (χ0v) is 46.0. The first kappa shape index (κ1) is 62.1. The van der Waals surface area contributed by atoms with E-state index in [1.54, 1.807) is 67.1 Å². The highest BCUT2D eigenvalue weighted by atomic mass is 16.6. The number of amides is 10. The summed E-state index contributed by atoms with van der Waals surface area (Å²) in [4.78, 5) is 137. The number of imide groups is 1. The van der Waals surface area contributed by atoms with Crippen molar-refractivity contribution in [3.8, 4) is 0 Å². The average Bonchev–Trinajstić information content (AvgIpc) is 4.17. The van der Waals surface area contributed by atoms with Gasteiger partial charge in [-0.2, -0.15) is 0 Å². The number of aromatic nitrogens is 2. The van der Waals surface area contributed by atoms with Crippen LogP contribution < -0.4 is 47.9 Å². The van der Waals surface area contributed by atoms with E-state index >= 15 is 0 Å².